The lowest BCUT2D eigenvalue weighted by Crippen LogP contribution is -2.52. The molecule has 0 spiro atoms. The third-order valence-electron chi connectivity index (χ3n) is 3.60. The van der Waals surface area contributed by atoms with E-state index in [1.165, 1.54) is 32.7 Å². The lowest BCUT2D eigenvalue weighted by Gasteiger charge is -2.39. The van der Waals surface area contributed by atoms with Crippen LogP contribution in [0.15, 0.2) is 0 Å². The maximum Gasteiger partial charge on any atom is 0.0195 e. The number of piperazine rings is 1. The van der Waals surface area contributed by atoms with E-state index in [1.807, 2.05) is 0 Å². The highest BCUT2D eigenvalue weighted by atomic mass is 15.3. The van der Waals surface area contributed by atoms with Gasteiger partial charge in [-0.1, -0.05) is 13.8 Å². The first kappa shape index (κ1) is 12.9. The van der Waals surface area contributed by atoms with Crippen LogP contribution in [0.25, 0.3) is 0 Å². The fraction of sp³-hybridized carbons (Fsp3) is 1.00. The van der Waals surface area contributed by atoms with E-state index >= 15 is 0 Å². The van der Waals surface area contributed by atoms with Gasteiger partial charge in [-0.25, -0.2) is 0 Å². The molecule has 0 aromatic heterocycles. The second-order valence-electron chi connectivity index (χ2n) is 4.74. The van der Waals surface area contributed by atoms with Crippen LogP contribution >= 0.6 is 0 Å². The summed E-state index contributed by atoms with van der Waals surface area (Å²) in [6.45, 7) is 12.8. The van der Waals surface area contributed by atoms with Crippen LogP contribution in [0.5, 0.6) is 0 Å². The van der Waals surface area contributed by atoms with Crippen molar-refractivity contribution in [1.29, 1.82) is 0 Å². The molecule has 1 rings (SSSR count). The number of likely N-dealkylation sites (N-methyl/N-ethyl adjacent to an activating group) is 1. The van der Waals surface area contributed by atoms with Gasteiger partial charge in [0.25, 0.3) is 0 Å². The highest BCUT2D eigenvalue weighted by Crippen LogP contribution is 2.09. The predicted octanol–water partition coefficient (Wildman–Crippen LogP) is 1.14. The number of nitrogens with zero attached hydrogens (tertiary/aromatic N) is 2. The fourth-order valence-corrected chi connectivity index (χ4v) is 2.30. The minimum absolute atomic E-state index is 0.393. The van der Waals surface area contributed by atoms with Crippen LogP contribution in [0.1, 0.15) is 33.6 Å². The predicted molar refractivity (Wildman–Crippen MR) is 66.0 cm³/mol. The summed E-state index contributed by atoms with van der Waals surface area (Å²) in [6, 6.07) is 1.10. The van der Waals surface area contributed by atoms with Crippen LogP contribution in [0.4, 0.5) is 0 Å². The topological polar surface area (TPSA) is 32.5 Å². The fourth-order valence-electron chi connectivity index (χ4n) is 2.30. The summed E-state index contributed by atoms with van der Waals surface area (Å²) >= 11 is 0. The minimum Gasteiger partial charge on any atom is -0.328 e. The van der Waals surface area contributed by atoms with E-state index in [9.17, 15) is 0 Å². The number of hydrogen-bond donors (Lipinski definition) is 1. The van der Waals surface area contributed by atoms with E-state index in [-0.39, 0.29) is 0 Å². The molecule has 1 heterocycles. The first-order valence-corrected chi connectivity index (χ1v) is 6.39. The molecule has 2 unspecified atom stereocenters. The van der Waals surface area contributed by atoms with Gasteiger partial charge < -0.3 is 10.6 Å². The van der Waals surface area contributed by atoms with Crippen molar-refractivity contribution in [2.24, 2.45) is 5.73 Å². The Morgan fingerprint density at radius 2 is 2.07 bits per heavy atom. The summed E-state index contributed by atoms with van der Waals surface area (Å²) < 4.78 is 0. The summed E-state index contributed by atoms with van der Waals surface area (Å²) in [7, 11) is 0. The molecule has 0 bridgehead atoms. The van der Waals surface area contributed by atoms with Crippen LogP contribution in [0, 0.1) is 0 Å². The molecule has 0 aliphatic carbocycles. The van der Waals surface area contributed by atoms with Gasteiger partial charge in [0.05, 0.1) is 0 Å². The second kappa shape index (κ2) is 6.46. The Balaban J connectivity index is 2.22. The maximum atomic E-state index is 5.94. The molecule has 1 saturated heterocycles. The van der Waals surface area contributed by atoms with Crippen LogP contribution in [-0.2, 0) is 0 Å². The van der Waals surface area contributed by atoms with E-state index < -0.39 is 0 Å². The zero-order chi connectivity index (χ0) is 11.3. The van der Waals surface area contributed by atoms with Gasteiger partial charge in [-0.15, -0.1) is 0 Å². The zero-order valence-electron chi connectivity index (χ0n) is 10.6. The van der Waals surface area contributed by atoms with Crippen molar-refractivity contribution in [2.75, 3.05) is 32.7 Å². The Labute approximate surface area is 94.6 Å². The molecule has 1 fully saturated rings. The highest BCUT2D eigenvalue weighted by molar-refractivity contribution is 4.78. The van der Waals surface area contributed by atoms with Gasteiger partial charge in [-0.05, 0) is 32.9 Å². The average Bonchev–Trinajstić information content (AvgIpc) is 2.26. The molecular weight excluding hydrogens is 186 g/mol. The molecule has 3 nitrogen and oxygen atoms in total. The second-order valence-corrected chi connectivity index (χ2v) is 4.74. The molecule has 0 radical (unpaired) electrons. The van der Waals surface area contributed by atoms with E-state index in [0.29, 0.717) is 12.1 Å². The quantitative estimate of drug-likeness (QED) is 0.743. The first-order valence-electron chi connectivity index (χ1n) is 6.39. The van der Waals surface area contributed by atoms with Gasteiger partial charge in [-0.2, -0.15) is 0 Å². The molecule has 2 atom stereocenters. The van der Waals surface area contributed by atoms with E-state index in [4.69, 9.17) is 5.73 Å². The van der Waals surface area contributed by atoms with Crippen molar-refractivity contribution in [3.63, 3.8) is 0 Å². The van der Waals surface area contributed by atoms with Gasteiger partial charge in [-0.3, -0.25) is 4.90 Å². The smallest absolute Gasteiger partial charge is 0.0195 e. The summed E-state index contributed by atoms with van der Waals surface area (Å²) in [6.07, 6.45) is 2.25. The summed E-state index contributed by atoms with van der Waals surface area (Å²) in [4.78, 5) is 5.11. The summed E-state index contributed by atoms with van der Waals surface area (Å²) in [5.41, 5.74) is 5.94. The monoisotopic (exact) mass is 213 g/mol. The molecule has 2 N–H and O–H groups in total. The molecule has 0 saturated carbocycles. The van der Waals surface area contributed by atoms with Gasteiger partial charge >= 0.3 is 0 Å². The molecule has 1 aliphatic heterocycles. The Hall–Kier alpha value is -0.120. The summed E-state index contributed by atoms with van der Waals surface area (Å²) in [5, 5.41) is 0. The SMILES string of the molecule is CCC(N)CCN1CCN(CC)C(C)C1. The lowest BCUT2D eigenvalue weighted by molar-refractivity contribution is 0.0860. The van der Waals surface area contributed by atoms with E-state index in [1.54, 1.807) is 0 Å². The van der Waals surface area contributed by atoms with Crippen molar-refractivity contribution in [3.05, 3.63) is 0 Å². The van der Waals surface area contributed by atoms with Crippen LogP contribution < -0.4 is 5.73 Å². The Kier molecular flexibility index (Phi) is 5.58. The van der Waals surface area contributed by atoms with Crippen LogP contribution in [0.2, 0.25) is 0 Å². The van der Waals surface area contributed by atoms with Crippen LogP contribution in [0.3, 0.4) is 0 Å². The zero-order valence-corrected chi connectivity index (χ0v) is 10.6. The van der Waals surface area contributed by atoms with E-state index in [0.717, 1.165) is 12.8 Å². The third kappa shape index (κ3) is 4.09. The van der Waals surface area contributed by atoms with Crippen molar-refractivity contribution in [3.8, 4) is 0 Å². The standard InChI is InChI=1S/C12H27N3/c1-4-12(13)6-7-14-8-9-15(5-2)11(3)10-14/h11-12H,4-10,13H2,1-3H3. The molecule has 0 amide bonds. The van der Waals surface area contributed by atoms with Gasteiger partial charge in [0.2, 0.25) is 0 Å². The molecule has 15 heavy (non-hydrogen) atoms. The van der Waals surface area contributed by atoms with Crippen molar-refractivity contribution in [2.45, 2.75) is 45.7 Å². The Bertz CT molecular complexity index is 172. The molecule has 3 heteroatoms. The normalized spacial score (nSPS) is 26.8. The van der Waals surface area contributed by atoms with Crippen molar-refractivity contribution < 1.29 is 0 Å². The largest absolute Gasteiger partial charge is 0.328 e. The first-order chi connectivity index (χ1) is 7.17. The minimum atomic E-state index is 0.393. The average molecular weight is 213 g/mol. The number of hydrogen-bond acceptors (Lipinski definition) is 3. The molecule has 1 aliphatic rings. The lowest BCUT2D eigenvalue weighted by atomic mass is 10.1. The number of nitrogens with two attached hydrogens (primary N) is 1. The highest BCUT2D eigenvalue weighted by Gasteiger charge is 2.21. The molecular formula is C12H27N3. The van der Waals surface area contributed by atoms with Gasteiger partial charge in [0.15, 0.2) is 0 Å². The number of rotatable bonds is 5. The van der Waals surface area contributed by atoms with Gasteiger partial charge in [0.1, 0.15) is 0 Å². The van der Waals surface area contributed by atoms with Crippen LogP contribution in [-0.4, -0.2) is 54.6 Å². The van der Waals surface area contributed by atoms with Crippen molar-refractivity contribution >= 4 is 0 Å². The van der Waals surface area contributed by atoms with Crippen molar-refractivity contribution in [1.82, 2.24) is 9.80 Å². The summed E-state index contributed by atoms with van der Waals surface area (Å²) in [5.74, 6) is 0. The Morgan fingerprint density at radius 3 is 2.60 bits per heavy atom. The third-order valence-corrected chi connectivity index (χ3v) is 3.60. The maximum absolute atomic E-state index is 5.94. The molecule has 0 aromatic carbocycles. The molecule has 0 aromatic rings. The molecule has 90 valence electrons. The Morgan fingerprint density at radius 1 is 1.33 bits per heavy atom. The van der Waals surface area contributed by atoms with E-state index in [2.05, 4.69) is 30.6 Å². The van der Waals surface area contributed by atoms with Gasteiger partial charge in [0, 0.05) is 31.7 Å².